The van der Waals surface area contributed by atoms with Gasteiger partial charge in [0.2, 0.25) is 0 Å². The maximum atomic E-state index is 11.9. The number of anilines is 1. The van der Waals surface area contributed by atoms with Gasteiger partial charge in [0.1, 0.15) is 0 Å². The van der Waals surface area contributed by atoms with Gasteiger partial charge in [0.05, 0.1) is 10.9 Å². The average Bonchev–Trinajstić information content (AvgIpc) is 3.39. The Hall–Kier alpha value is -2.10. The highest BCUT2D eigenvalue weighted by Crippen LogP contribution is 2.46. The third kappa shape index (κ3) is 2.67. The summed E-state index contributed by atoms with van der Waals surface area (Å²) in [5.74, 6) is 0.0584. The molecule has 2 aromatic rings. The number of piperidine rings is 1. The first kappa shape index (κ1) is 14.5. The van der Waals surface area contributed by atoms with E-state index in [2.05, 4.69) is 22.0 Å². The van der Waals surface area contributed by atoms with Gasteiger partial charge in [-0.25, -0.2) is 0 Å². The number of rotatable bonds is 4. The number of para-hydroxylation sites is 1. The number of hydrogen-bond donors (Lipinski definition) is 1. The molecule has 1 saturated heterocycles. The van der Waals surface area contributed by atoms with Crippen molar-refractivity contribution in [1.82, 2.24) is 4.98 Å². The summed E-state index contributed by atoms with van der Waals surface area (Å²) in [7, 11) is 0. The summed E-state index contributed by atoms with van der Waals surface area (Å²) in [5.41, 5.74) is 1.68. The Morgan fingerprint density at radius 2 is 1.96 bits per heavy atom. The second-order valence-corrected chi connectivity index (χ2v) is 7.07. The maximum absolute atomic E-state index is 11.9. The monoisotopic (exact) mass is 310 g/mol. The first-order chi connectivity index (χ1) is 11.2. The van der Waals surface area contributed by atoms with E-state index in [9.17, 15) is 9.90 Å². The molecular weight excluding hydrogens is 288 g/mol. The molecule has 0 radical (unpaired) electrons. The summed E-state index contributed by atoms with van der Waals surface area (Å²) in [6.07, 6.45) is 6.64. The Morgan fingerprint density at radius 1 is 1.22 bits per heavy atom. The van der Waals surface area contributed by atoms with Crippen molar-refractivity contribution in [3.63, 3.8) is 0 Å². The standard InChI is InChI=1S/C19H22N2O2/c22-18(23)19(13-14-5-6-14)8-11-21(12-9-19)17-7-10-20-16-4-2-1-3-15(16)17/h1-4,7,10,14H,5-6,8-9,11-13H2,(H,22,23). The molecule has 0 unspecified atom stereocenters. The van der Waals surface area contributed by atoms with Gasteiger partial charge < -0.3 is 10.0 Å². The van der Waals surface area contributed by atoms with E-state index in [0.717, 1.165) is 43.3 Å². The zero-order chi connectivity index (χ0) is 15.9. The fourth-order valence-corrected chi connectivity index (χ4v) is 3.91. The van der Waals surface area contributed by atoms with Gasteiger partial charge in [-0.3, -0.25) is 9.78 Å². The fraction of sp³-hybridized carbons (Fsp3) is 0.474. The van der Waals surface area contributed by atoms with Crippen LogP contribution in [0, 0.1) is 11.3 Å². The predicted molar refractivity (Wildman–Crippen MR) is 90.6 cm³/mol. The quantitative estimate of drug-likeness (QED) is 0.935. The van der Waals surface area contributed by atoms with Gasteiger partial charge in [-0.2, -0.15) is 0 Å². The lowest BCUT2D eigenvalue weighted by molar-refractivity contribution is -0.151. The summed E-state index contributed by atoms with van der Waals surface area (Å²) < 4.78 is 0. The normalized spacial score (nSPS) is 20.6. The highest BCUT2D eigenvalue weighted by molar-refractivity contribution is 5.91. The van der Waals surface area contributed by atoms with Crippen molar-refractivity contribution in [2.75, 3.05) is 18.0 Å². The zero-order valence-electron chi connectivity index (χ0n) is 13.2. The molecule has 120 valence electrons. The van der Waals surface area contributed by atoms with E-state index < -0.39 is 11.4 Å². The smallest absolute Gasteiger partial charge is 0.309 e. The van der Waals surface area contributed by atoms with Gasteiger partial charge in [-0.05, 0) is 37.3 Å². The molecule has 1 aromatic carbocycles. The van der Waals surface area contributed by atoms with Crippen LogP contribution in [0.3, 0.4) is 0 Å². The molecule has 1 aliphatic heterocycles. The van der Waals surface area contributed by atoms with Crippen LogP contribution in [0.1, 0.15) is 32.1 Å². The molecule has 4 rings (SSSR count). The molecule has 2 aliphatic rings. The van der Waals surface area contributed by atoms with Crippen molar-refractivity contribution < 1.29 is 9.90 Å². The Kier molecular flexibility index (Phi) is 3.47. The third-order valence-electron chi connectivity index (χ3n) is 5.52. The first-order valence-corrected chi connectivity index (χ1v) is 8.50. The first-order valence-electron chi connectivity index (χ1n) is 8.50. The second-order valence-electron chi connectivity index (χ2n) is 7.07. The van der Waals surface area contributed by atoms with Crippen LogP contribution >= 0.6 is 0 Å². The van der Waals surface area contributed by atoms with Crippen molar-refractivity contribution in [1.29, 1.82) is 0 Å². The summed E-state index contributed by atoms with van der Waals surface area (Å²) >= 11 is 0. The fourth-order valence-electron chi connectivity index (χ4n) is 3.91. The van der Waals surface area contributed by atoms with Crippen molar-refractivity contribution in [2.45, 2.75) is 32.1 Å². The lowest BCUT2D eigenvalue weighted by Gasteiger charge is -2.40. The molecule has 4 heteroatoms. The van der Waals surface area contributed by atoms with E-state index >= 15 is 0 Å². The molecule has 1 aliphatic carbocycles. The average molecular weight is 310 g/mol. The highest BCUT2D eigenvalue weighted by atomic mass is 16.4. The number of aromatic nitrogens is 1. The predicted octanol–water partition coefficient (Wildman–Crippen LogP) is 3.71. The molecule has 0 atom stereocenters. The number of carbonyl (C=O) groups is 1. The Bertz CT molecular complexity index is 726. The van der Waals surface area contributed by atoms with Crippen molar-refractivity contribution in [3.05, 3.63) is 36.5 Å². The summed E-state index contributed by atoms with van der Waals surface area (Å²) in [6.45, 7) is 1.63. The Balaban J connectivity index is 1.57. The molecule has 4 nitrogen and oxygen atoms in total. The van der Waals surface area contributed by atoms with Crippen LogP contribution in [0.25, 0.3) is 10.9 Å². The maximum Gasteiger partial charge on any atom is 0.309 e. The number of carboxylic acid groups (broad SMARTS) is 1. The van der Waals surface area contributed by atoms with Crippen molar-refractivity contribution in [3.8, 4) is 0 Å². The van der Waals surface area contributed by atoms with E-state index in [0.29, 0.717) is 5.92 Å². The van der Waals surface area contributed by atoms with Crippen LogP contribution in [0.15, 0.2) is 36.5 Å². The number of fused-ring (bicyclic) bond motifs is 1. The van der Waals surface area contributed by atoms with Gasteiger partial charge in [0, 0.05) is 30.4 Å². The number of nitrogens with zero attached hydrogens (tertiary/aromatic N) is 2. The van der Waals surface area contributed by atoms with Crippen LogP contribution in [0.5, 0.6) is 0 Å². The van der Waals surface area contributed by atoms with E-state index in [-0.39, 0.29) is 0 Å². The molecule has 1 N–H and O–H groups in total. The summed E-state index contributed by atoms with van der Waals surface area (Å²) in [5, 5.41) is 10.9. The van der Waals surface area contributed by atoms with E-state index in [1.165, 1.54) is 18.5 Å². The highest BCUT2D eigenvalue weighted by Gasteiger charge is 2.45. The van der Waals surface area contributed by atoms with Gasteiger partial charge in [0.15, 0.2) is 0 Å². The van der Waals surface area contributed by atoms with E-state index in [1.54, 1.807) is 0 Å². The minimum Gasteiger partial charge on any atom is -0.481 e. The van der Waals surface area contributed by atoms with Gasteiger partial charge in [-0.15, -0.1) is 0 Å². The molecule has 23 heavy (non-hydrogen) atoms. The molecular formula is C19H22N2O2. The molecule has 0 amide bonds. The molecule has 0 spiro atoms. The number of pyridine rings is 1. The number of aliphatic carboxylic acids is 1. The second kappa shape index (κ2) is 5.52. The van der Waals surface area contributed by atoms with Gasteiger partial charge in [-0.1, -0.05) is 31.0 Å². The van der Waals surface area contributed by atoms with Crippen LogP contribution < -0.4 is 4.90 Å². The largest absolute Gasteiger partial charge is 0.481 e. The topological polar surface area (TPSA) is 53.4 Å². The molecule has 2 fully saturated rings. The summed E-state index contributed by atoms with van der Waals surface area (Å²) in [6, 6.07) is 10.2. The van der Waals surface area contributed by atoms with Gasteiger partial charge in [0.25, 0.3) is 0 Å². The molecule has 2 heterocycles. The van der Waals surface area contributed by atoms with Crippen LogP contribution in [-0.4, -0.2) is 29.1 Å². The Labute approximate surface area is 136 Å². The minimum atomic E-state index is -0.594. The number of hydrogen-bond acceptors (Lipinski definition) is 3. The van der Waals surface area contributed by atoms with E-state index in [4.69, 9.17) is 0 Å². The van der Waals surface area contributed by atoms with Crippen LogP contribution in [-0.2, 0) is 4.79 Å². The molecule has 1 aromatic heterocycles. The number of carboxylic acids is 1. The molecule has 0 bridgehead atoms. The van der Waals surface area contributed by atoms with Crippen LogP contribution in [0.4, 0.5) is 5.69 Å². The van der Waals surface area contributed by atoms with Gasteiger partial charge >= 0.3 is 5.97 Å². The van der Waals surface area contributed by atoms with Crippen molar-refractivity contribution >= 4 is 22.6 Å². The van der Waals surface area contributed by atoms with Crippen LogP contribution in [0.2, 0.25) is 0 Å². The molecule has 1 saturated carbocycles. The summed E-state index contributed by atoms with van der Waals surface area (Å²) in [4.78, 5) is 18.6. The SMILES string of the molecule is O=C(O)C1(CC2CC2)CCN(c2ccnc3ccccc23)CC1. The zero-order valence-corrected chi connectivity index (χ0v) is 13.2. The van der Waals surface area contributed by atoms with Crippen molar-refractivity contribution in [2.24, 2.45) is 11.3 Å². The number of benzene rings is 1. The lowest BCUT2D eigenvalue weighted by Crippen LogP contribution is -2.44. The Morgan fingerprint density at radius 3 is 2.65 bits per heavy atom. The minimum absolute atomic E-state index is 0.500. The lowest BCUT2D eigenvalue weighted by atomic mass is 9.74. The third-order valence-corrected chi connectivity index (χ3v) is 5.52. The van der Waals surface area contributed by atoms with E-state index in [1.807, 2.05) is 24.4 Å².